The van der Waals surface area contributed by atoms with Gasteiger partial charge in [-0.1, -0.05) is 17.2 Å². The Labute approximate surface area is 126 Å². The van der Waals surface area contributed by atoms with Crippen LogP contribution < -0.4 is 5.32 Å². The van der Waals surface area contributed by atoms with Gasteiger partial charge in [0.25, 0.3) is 0 Å². The summed E-state index contributed by atoms with van der Waals surface area (Å²) in [7, 11) is 0. The molecule has 2 rings (SSSR count). The molecule has 0 spiro atoms. The zero-order valence-corrected chi connectivity index (χ0v) is 13.1. The van der Waals surface area contributed by atoms with Gasteiger partial charge in [-0.05, 0) is 20.3 Å². The molecule has 0 saturated carbocycles. The normalized spacial score (nSPS) is 12.3. The fraction of sp³-hybridized carbons (Fsp3) is 0.538. The number of hydrogen-bond acceptors (Lipinski definition) is 7. The molecule has 0 radical (unpaired) electrons. The van der Waals surface area contributed by atoms with Gasteiger partial charge in [0, 0.05) is 12.5 Å². The third-order valence-corrected chi connectivity index (χ3v) is 3.81. The van der Waals surface area contributed by atoms with Crippen LogP contribution in [0.1, 0.15) is 37.7 Å². The predicted octanol–water partition coefficient (Wildman–Crippen LogP) is 2.58. The van der Waals surface area contributed by atoms with Crippen LogP contribution in [0.4, 0.5) is 5.88 Å². The van der Waals surface area contributed by atoms with E-state index in [2.05, 4.69) is 27.5 Å². The van der Waals surface area contributed by atoms with E-state index in [1.54, 1.807) is 13.0 Å². The van der Waals surface area contributed by atoms with Crippen molar-refractivity contribution in [2.45, 2.75) is 44.6 Å². The molecule has 0 unspecified atom stereocenters. The van der Waals surface area contributed by atoms with Crippen molar-refractivity contribution in [3.8, 4) is 0 Å². The van der Waals surface area contributed by atoms with Crippen molar-refractivity contribution < 1.29 is 13.8 Å². The number of thioether (sulfide) groups is 1. The zero-order valence-electron chi connectivity index (χ0n) is 12.3. The third kappa shape index (κ3) is 4.59. The molecule has 0 aliphatic carbocycles. The fourth-order valence-corrected chi connectivity index (χ4v) is 2.31. The molecule has 7 nitrogen and oxygen atoms in total. The van der Waals surface area contributed by atoms with Crippen LogP contribution in [0.25, 0.3) is 0 Å². The lowest BCUT2D eigenvalue weighted by molar-refractivity contribution is -0.115. The Morgan fingerprint density at radius 2 is 2.24 bits per heavy atom. The molecule has 2 aromatic rings. The quantitative estimate of drug-likeness (QED) is 0.839. The molecule has 0 saturated heterocycles. The topological polar surface area (TPSA) is 94.1 Å². The highest BCUT2D eigenvalue weighted by Gasteiger charge is 2.17. The summed E-state index contributed by atoms with van der Waals surface area (Å²) < 4.78 is 10.1. The van der Waals surface area contributed by atoms with Gasteiger partial charge in [0.1, 0.15) is 0 Å². The first-order valence-corrected chi connectivity index (χ1v) is 7.80. The van der Waals surface area contributed by atoms with Gasteiger partial charge in [0.15, 0.2) is 5.82 Å². The molecule has 1 atom stereocenters. The van der Waals surface area contributed by atoms with Gasteiger partial charge in [-0.2, -0.15) is 4.98 Å². The van der Waals surface area contributed by atoms with E-state index >= 15 is 0 Å². The van der Waals surface area contributed by atoms with E-state index in [1.165, 1.54) is 11.8 Å². The molecular weight excluding hydrogens is 292 g/mol. The lowest BCUT2D eigenvalue weighted by Crippen LogP contribution is -2.22. The largest absolute Gasteiger partial charge is 0.338 e. The number of hydrogen-bond donors (Lipinski definition) is 1. The maximum atomic E-state index is 12.0. The molecule has 114 valence electrons. The first-order chi connectivity index (χ1) is 10.1. The third-order valence-electron chi connectivity index (χ3n) is 2.68. The number of nitrogens with one attached hydrogen (secondary N) is 1. The summed E-state index contributed by atoms with van der Waals surface area (Å²) in [5.41, 5.74) is 0.722. The van der Waals surface area contributed by atoms with Gasteiger partial charge in [0.05, 0.1) is 16.7 Å². The smallest absolute Gasteiger partial charge is 0.239 e. The molecule has 0 aromatic carbocycles. The van der Waals surface area contributed by atoms with Gasteiger partial charge >= 0.3 is 0 Å². The number of rotatable bonds is 7. The SMILES string of the molecule is CCCc1noc(CS[C@H](C)C(=O)Nc2cc(C)no2)n1. The molecule has 21 heavy (non-hydrogen) atoms. The second-order valence-electron chi connectivity index (χ2n) is 4.63. The Bertz CT molecular complexity index is 596. The highest BCUT2D eigenvalue weighted by molar-refractivity contribution is 7.99. The average Bonchev–Trinajstić information content (AvgIpc) is 3.06. The van der Waals surface area contributed by atoms with Crippen LogP contribution in [-0.4, -0.2) is 26.5 Å². The summed E-state index contributed by atoms with van der Waals surface area (Å²) in [6.45, 7) is 5.66. The van der Waals surface area contributed by atoms with Crippen LogP contribution in [-0.2, 0) is 17.0 Å². The molecule has 2 aromatic heterocycles. The Hall–Kier alpha value is -1.83. The van der Waals surface area contributed by atoms with E-state index in [0.29, 0.717) is 23.4 Å². The number of carbonyl (C=O) groups excluding carboxylic acids is 1. The highest BCUT2D eigenvalue weighted by Crippen LogP contribution is 2.19. The molecular formula is C13H18N4O3S. The number of carbonyl (C=O) groups is 1. The lowest BCUT2D eigenvalue weighted by atomic mass is 10.3. The number of nitrogens with zero attached hydrogens (tertiary/aromatic N) is 3. The van der Waals surface area contributed by atoms with Crippen LogP contribution in [0, 0.1) is 6.92 Å². The first kappa shape index (κ1) is 15.6. The van der Waals surface area contributed by atoms with E-state index in [1.807, 2.05) is 6.92 Å². The van der Waals surface area contributed by atoms with E-state index in [-0.39, 0.29) is 11.2 Å². The minimum atomic E-state index is -0.267. The summed E-state index contributed by atoms with van der Waals surface area (Å²) in [4.78, 5) is 16.2. The van der Waals surface area contributed by atoms with Crippen molar-refractivity contribution in [3.63, 3.8) is 0 Å². The summed E-state index contributed by atoms with van der Waals surface area (Å²) in [6, 6.07) is 1.67. The molecule has 1 N–H and O–H groups in total. The van der Waals surface area contributed by atoms with Crippen molar-refractivity contribution >= 4 is 23.6 Å². The van der Waals surface area contributed by atoms with Crippen molar-refractivity contribution in [2.24, 2.45) is 0 Å². The van der Waals surface area contributed by atoms with Gasteiger partial charge in [-0.25, -0.2) is 0 Å². The van der Waals surface area contributed by atoms with Crippen molar-refractivity contribution in [1.29, 1.82) is 0 Å². The maximum absolute atomic E-state index is 12.0. The highest BCUT2D eigenvalue weighted by atomic mass is 32.2. The van der Waals surface area contributed by atoms with Crippen LogP contribution in [0.3, 0.4) is 0 Å². The number of aryl methyl sites for hydroxylation is 2. The van der Waals surface area contributed by atoms with Gasteiger partial charge in [-0.3, -0.25) is 10.1 Å². The van der Waals surface area contributed by atoms with Crippen LogP contribution in [0.15, 0.2) is 15.1 Å². The van der Waals surface area contributed by atoms with Crippen LogP contribution >= 0.6 is 11.8 Å². The lowest BCUT2D eigenvalue weighted by Gasteiger charge is -2.08. The van der Waals surface area contributed by atoms with Gasteiger partial charge in [-0.15, -0.1) is 11.8 Å². The van der Waals surface area contributed by atoms with Crippen LogP contribution in [0.5, 0.6) is 0 Å². The summed E-state index contributed by atoms with van der Waals surface area (Å²) >= 11 is 1.42. The summed E-state index contributed by atoms with van der Waals surface area (Å²) in [5.74, 6) is 1.96. The second-order valence-corrected chi connectivity index (χ2v) is 5.96. The van der Waals surface area contributed by atoms with E-state index < -0.39 is 0 Å². The maximum Gasteiger partial charge on any atom is 0.239 e. The van der Waals surface area contributed by atoms with Gasteiger partial charge < -0.3 is 9.05 Å². The average molecular weight is 310 g/mol. The predicted molar refractivity (Wildman–Crippen MR) is 78.9 cm³/mol. The summed E-state index contributed by atoms with van der Waals surface area (Å²) in [5, 5.41) is 9.99. The monoisotopic (exact) mass is 310 g/mol. The standard InChI is InChI=1S/C13H18N4O3S/c1-4-5-10-14-12(20-17-10)7-21-9(3)13(18)15-11-6-8(2)16-19-11/h6,9H,4-5,7H2,1-3H3,(H,15,18)/t9-/m1/s1. The molecule has 0 aliphatic heterocycles. The van der Waals surface area contributed by atoms with Crippen LogP contribution in [0.2, 0.25) is 0 Å². The Morgan fingerprint density at radius 1 is 1.43 bits per heavy atom. The molecule has 8 heteroatoms. The molecule has 1 amide bonds. The number of amides is 1. The zero-order chi connectivity index (χ0) is 15.2. The fourth-order valence-electron chi connectivity index (χ4n) is 1.59. The Kier molecular flexibility index (Phi) is 5.38. The molecule has 0 bridgehead atoms. The molecule has 0 aliphatic rings. The molecule has 2 heterocycles. The summed E-state index contributed by atoms with van der Waals surface area (Å²) in [6.07, 6.45) is 1.77. The van der Waals surface area contributed by atoms with Gasteiger partial charge in [0.2, 0.25) is 17.7 Å². The molecule has 0 fully saturated rings. The second kappa shape index (κ2) is 7.26. The number of aromatic nitrogens is 3. The Balaban J connectivity index is 1.80. The van der Waals surface area contributed by atoms with E-state index in [9.17, 15) is 4.79 Å². The van der Waals surface area contributed by atoms with Crippen molar-refractivity contribution in [3.05, 3.63) is 23.5 Å². The van der Waals surface area contributed by atoms with E-state index in [0.717, 1.165) is 18.5 Å². The van der Waals surface area contributed by atoms with Crippen molar-refractivity contribution in [2.75, 3.05) is 5.32 Å². The van der Waals surface area contributed by atoms with E-state index in [4.69, 9.17) is 9.05 Å². The minimum Gasteiger partial charge on any atom is -0.338 e. The first-order valence-electron chi connectivity index (χ1n) is 6.75. The number of anilines is 1. The Morgan fingerprint density at radius 3 is 2.90 bits per heavy atom. The minimum absolute atomic E-state index is 0.149. The van der Waals surface area contributed by atoms with Crippen molar-refractivity contribution in [1.82, 2.24) is 15.3 Å².